The van der Waals surface area contributed by atoms with E-state index < -0.39 is 0 Å². The van der Waals surface area contributed by atoms with Crippen LogP contribution in [0.15, 0.2) is 30.6 Å². The Balaban J connectivity index is 1.96. The molecular weight excluding hydrogens is 252 g/mol. The molecule has 3 rings (SSSR count). The first-order valence-electron chi connectivity index (χ1n) is 6.87. The molecule has 1 aromatic carbocycles. The Morgan fingerprint density at radius 2 is 2.25 bits per heavy atom. The third-order valence-electron chi connectivity index (χ3n) is 3.50. The second-order valence-electron chi connectivity index (χ2n) is 4.81. The molecular formula is C15H18N4O. The lowest BCUT2D eigenvalue weighted by atomic mass is 9.94. The molecule has 0 saturated heterocycles. The smallest absolute Gasteiger partial charge is 0.130 e. The predicted octanol–water partition coefficient (Wildman–Crippen LogP) is 1.19. The maximum atomic E-state index is 8.86. The van der Waals surface area contributed by atoms with Gasteiger partial charge in [-0.2, -0.15) is 0 Å². The molecule has 20 heavy (non-hydrogen) atoms. The van der Waals surface area contributed by atoms with E-state index >= 15 is 0 Å². The summed E-state index contributed by atoms with van der Waals surface area (Å²) in [6.07, 6.45) is 2.59. The highest BCUT2D eigenvalue weighted by Crippen LogP contribution is 2.27. The Kier molecular flexibility index (Phi) is 3.90. The molecule has 2 heterocycles. The van der Waals surface area contributed by atoms with Gasteiger partial charge in [0.05, 0.1) is 12.3 Å². The van der Waals surface area contributed by atoms with Gasteiger partial charge in [0.25, 0.3) is 0 Å². The van der Waals surface area contributed by atoms with Crippen molar-refractivity contribution in [2.24, 2.45) is 0 Å². The third-order valence-corrected chi connectivity index (χ3v) is 3.50. The lowest BCUT2D eigenvalue weighted by molar-refractivity contribution is 0.311. The molecule has 0 radical (unpaired) electrons. The molecule has 0 fully saturated rings. The zero-order chi connectivity index (χ0) is 13.8. The number of anilines is 1. The first-order valence-corrected chi connectivity index (χ1v) is 6.87. The fourth-order valence-corrected chi connectivity index (χ4v) is 2.56. The van der Waals surface area contributed by atoms with Crippen LogP contribution in [0.3, 0.4) is 0 Å². The van der Waals surface area contributed by atoms with Gasteiger partial charge in [0, 0.05) is 24.7 Å². The minimum absolute atomic E-state index is 0.0890. The minimum Gasteiger partial charge on any atom is -0.395 e. The molecule has 0 spiro atoms. The Labute approximate surface area is 118 Å². The molecule has 0 aliphatic carbocycles. The van der Waals surface area contributed by atoms with E-state index in [1.807, 2.05) is 6.07 Å². The van der Waals surface area contributed by atoms with Gasteiger partial charge in [-0.15, -0.1) is 0 Å². The van der Waals surface area contributed by atoms with Crippen LogP contribution in [0.5, 0.6) is 0 Å². The first-order chi connectivity index (χ1) is 9.88. The molecule has 3 N–H and O–H groups in total. The summed E-state index contributed by atoms with van der Waals surface area (Å²) < 4.78 is 0. The van der Waals surface area contributed by atoms with Crippen LogP contribution in [0.4, 0.5) is 5.82 Å². The predicted molar refractivity (Wildman–Crippen MR) is 78.5 cm³/mol. The molecule has 0 unspecified atom stereocenters. The van der Waals surface area contributed by atoms with Crippen molar-refractivity contribution in [3.05, 3.63) is 41.7 Å². The molecule has 1 aromatic heterocycles. The molecule has 2 aromatic rings. The number of aromatic nitrogens is 2. The summed E-state index contributed by atoms with van der Waals surface area (Å²) in [6, 6.07) is 8.29. The van der Waals surface area contributed by atoms with E-state index in [-0.39, 0.29) is 6.61 Å². The summed E-state index contributed by atoms with van der Waals surface area (Å²) in [5.74, 6) is 0.746. The fraction of sp³-hybridized carbons (Fsp3) is 0.333. The van der Waals surface area contributed by atoms with Gasteiger partial charge in [0.2, 0.25) is 0 Å². The third kappa shape index (κ3) is 2.64. The summed E-state index contributed by atoms with van der Waals surface area (Å²) >= 11 is 0. The fourth-order valence-electron chi connectivity index (χ4n) is 2.56. The number of rotatable bonds is 4. The average Bonchev–Trinajstić information content (AvgIpc) is 2.52. The highest BCUT2D eigenvalue weighted by atomic mass is 16.3. The van der Waals surface area contributed by atoms with Crippen molar-refractivity contribution in [1.82, 2.24) is 15.3 Å². The quantitative estimate of drug-likeness (QED) is 0.778. The summed E-state index contributed by atoms with van der Waals surface area (Å²) in [7, 11) is 0. The largest absolute Gasteiger partial charge is 0.395 e. The van der Waals surface area contributed by atoms with Crippen LogP contribution in [0.1, 0.15) is 11.1 Å². The van der Waals surface area contributed by atoms with E-state index in [2.05, 4.69) is 38.8 Å². The van der Waals surface area contributed by atoms with Crippen molar-refractivity contribution < 1.29 is 5.11 Å². The van der Waals surface area contributed by atoms with Gasteiger partial charge in [-0.3, -0.25) is 0 Å². The number of aliphatic hydroxyl groups excluding tert-OH is 1. The van der Waals surface area contributed by atoms with Crippen LogP contribution in [0, 0.1) is 0 Å². The van der Waals surface area contributed by atoms with Crippen molar-refractivity contribution in [3.8, 4) is 11.3 Å². The second kappa shape index (κ2) is 5.98. The van der Waals surface area contributed by atoms with Gasteiger partial charge >= 0.3 is 0 Å². The molecule has 1 aliphatic heterocycles. The van der Waals surface area contributed by atoms with Crippen molar-refractivity contribution in [2.75, 3.05) is 25.0 Å². The van der Waals surface area contributed by atoms with E-state index in [1.165, 1.54) is 16.7 Å². The molecule has 5 nitrogen and oxygen atoms in total. The van der Waals surface area contributed by atoms with E-state index in [0.29, 0.717) is 6.54 Å². The molecule has 5 heteroatoms. The normalized spacial score (nSPS) is 13.8. The number of hydrogen-bond acceptors (Lipinski definition) is 5. The Bertz CT molecular complexity index is 600. The number of nitrogens with one attached hydrogen (secondary N) is 2. The van der Waals surface area contributed by atoms with Crippen LogP contribution in [0.25, 0.3) is 11.3 Å². The summed E-state index contributed by atoms with van der Waals surface area (Å²) in [5, 5.41) is 15.3. The zero-order valence-corrected chi connectivity index (χ0v) is 11.3. The standard InChI is InChI=1S/C15H18N4O/c20-7-6-17-15-8-14(18-10-19-15)13-3-1-2-11-9-16-5-4-12(11)13/h1-3,8,10,16,20H,4-7,9H2,(H,17,18,19). The molecule has 0 bridgehead atoms. The number of benzene rings is 1. The van der Waals surface area contributed by atoms with Gasteiger partial charge in [-0.25, -0.2) is 9.97 Å². The second-order valence-corrected chi connectivity index (χ2v) is 4.81. The first kappa shape index (κ1) is 13.0. The summed E-state index contributed by atoms with van der Waals surface area (Å²) in [4.78, 5) is 8.56. The van der Waals surface area contributed by atoms with Gasteiger partial charge in [-0.05, 0) is 24.1 Å². The lowest BCUT2D eigenvalue weighted by Gasteiger charge is -2.20. The van der Waals surface area contributed by atoms with E-state index in [4.69, 9.17) is 5.11 Å². The number of nitrogens with zero attached hydrogens (tertiary/aromatic N) is 2. The van der Waals surface area contributed by atoms with Gasteiger partial charge in [0.1, 0.15) is 12.1 Å². The van der Waals surface area contributed by atoms with Gasteiger partial charge < -0.3 is 15.7 Å². The Hall–Kier alpha value is -1.98. The number of fused-ring (bicyclic) bond motifs is 1. The van der Waals surface area contributed by atoms with Crippen LogP contribution in [0.2, 0.25) is 0 Å². The van der Waals surface area contributed by atoms with Crippen molar-refractivity contribution in [1.29, 1.82) is 0 Å². The van der Waals surface area contributed by atoms with Crippen molar-refractivity contribution in [2.45, 2.75) is 13.0 Å². The van der Waals surface area contributed by atoms with Crippen molar-refractivity contribution in [3.63, 3.8) is 0 Å². The molecule has 0 atom stereocenters. The molecule has 1 aliphatic rings. The number of hydrogen-bond donors (Lipinski definition) is 3. The maximum Gasteiger partial charge on any atom is 0.130 e. The molecule has 104 valence electrons. The monoisotopic (exact) mass is 270 g/mol. The maximum absolute atomic E-state index is 8.86. The van der Waals surface area contributed by atoms with Crippen LogP contribution < -0.4 is 10.6 Å². The van der Waals surface area contributed by atoms with E-state index in [0.717, 1.165) is 31.0 Å². The summed E-state index contributed by atoms with van der Waals surface area (Å²) in [5.41, 5.74) is 4.83. The van der Waals surface area contributed by atoms with Gasteiger partial charge in [0.15, 0.2) is 0 Å². The van der Waals surface area contributed by atoms with Crippen LogP contribution >= 0.6 is 0 Å². The lowest BCUT2D eigenvalue weighted by Crippen LogP contribution is -2.24. The van der Waals surface area contributed by atoms with E-state index in [9.17, 15) is 0 Å². The topological polar surface area (TPSA) is 70.1 Å². The minimum atomic E-state index is 0.0890. The highest BCUT2D eigenvalue weighted by molar-refractivity contribution is 5.67. The van der Waals surface area contributed by atoms with Crippen molar-refractivity contribution >= 4 is 5.82 Å². The van der Waals surface area contributed by atoms with E-state index in [1.54, 1.807) is 6.33 Å². The van der Waals surface area contributed by atoms with Gasteiger partial charge in [-0.1, -0.05) is 18.2 Å². The zero-order valence-electron chi connectivity index (χ0n) is 11.3. The van der Waals surface area contributed by atoms with Crippen LogP contribution in [-0.2, 0) is 13.0 Å². The van der Waals surface area contributed by atoms with Crippen LogP contribution in [-0.4, -0.2) is 34.8 Å². The Morgan fingerprint density at radius 3 is 3.15 bits per heavy atom. The summed E-state index contributed by atoms with van der Waals surface area (Å²) in [6.45, 7) is 2.51. The molecule has 0 saturated carbocycles. The molecule has 0 amide bonds. The highest BCUT2D eigenvalue weighted by Gasteiger charge is 2.14. The number of aliphatic hydroxyl groups is 1. The Morgan fingerprint density at radius 1 is 1.30 bits per heavy atom. The average molecular weight is 270 g/mol. The SMILES string of the molecule is OCCNc1cc(-c2cccc3c2CCNC3)ncn1.